The van der Waals surface area contributed by atoms with Gasteiger partial charge in [-0.3, -0.25) is 0 Å². The molecule has 0 aromatic rings. The summed E-state index contributed by atoms with van der Waals surface area (Å²) in [7, 11) is 0. The van der Waals surface area contributed by atoms with Crippen molar-refractivity contribution in [2.75, 3.05) is 6.54 Å². The maximum atomic E-state index is 5.76. The van der Waals surface area contributed by atoms with E-state index in [4.69, 9.17) is 5.73 Å². The van der Waals surface area contributed by atoms with E-state index in [-0.39, 0.29) is 0 Å². The van der Waals surface area contributed by atoms with E-state index < -0.39 is 0 Å². The van der Waals surface area contributed by atoms with Crippen molar-refractivity contribution in [3.8, 4) is 0 Å². The van der Waals surface area contributed by atoms with Gasteiger partial charge in [-0.05, 0) is 55.9 Å². The summed E-state index contributed by atoms with van der Waals surface area (Å²) in [6.45, 7) is 3.36. The first-order chi connectivity index (χ1) is 6.79. The lowest BCUT2D eigenvalue weighted by atomic mass is 9.67. The second-order valence-corrected chi connectivity index (χ2v) is 5.71. The fourth-order valence-electron chi connectivity index (χ4n) is 3.46. The van der Waals surface area contributed by atoms with Gasteiger partial charge in [0.15, 0.2) is 0 Å². The molecule has 0 aliphatic heterocycles. The molecule has 14 heavy (non-hydrogen) atoms. The first-order valence-corrected chi connectivity index (χ1v) is 6.49. The average Bonchev–Trinajstić information content (AvgIpc) is 2.14. The van der Waals surface area contributed by atoms with E-state index in [2.05, 4.69) is 6.92 Å². The van der Waals surface area contributed by atoms with Crippen molar-refractivity contribution in [2.24, 2.45) is 29.4 Å². The summed E-state index contributed by atoms with van der Waals surface area (Å²) in [5.74, 6) is 3.91. The molecule has 4 unspecified atom stereocenters. The quantitative estimate of drug-likeness (QED) is 0.735. The molecule has 0 amide bonds. The van der Waals surface area contributed by atoms with Gasteiger partial charge in [0.05, 0.1) is 0 Å². The van der Waals surface area contributed by atoms with Crippen LogP contribution in [0.25, 0.3) is 0 Å². The van der Waals surface area contributed by atoms with E-state index in [1.54, 1.807) is 0 Å². The van der Waals surface area contributed by atoms with Crippen LogP contribution in [0.15, 0.2) is 0 Å². The summed E-state index contributed by atoms with van der Waals surface area (Å²) in [6.07, 6.45) is 10.3. The third-order valence-electron chi connectivity index (χ3n) is 4.56. The largest absolute Gasteiger partial charge is 0.330 e. The van der Waals surface area contributed by atoms with Crippen molar-refractivity contribution in [1.29, 1.82) is 0 Å². The van der Waals surface area contributed by atoms with Crippen LogP contribution < -0.4 is 5.73 Å². The minimum absolute atomic E-state index is 0.882. The molecular formula is C13H25N. The summed E-state index contributed by atoms with van der Waals surface area (Å²) < 4.78 is 0. The predicted octanol–water partition coefficient (Wildman–Crippen LogP) is 3.19. The number of hydrogen-bond donors (Lipinski definition) is 1. The molecule has 2 fully saturated rings. The highest BCUT2D eigenvalue weighted by Gasteiger charge is 2.32. The molecule has 0 spiro atoms. The molecular weight excluding hydrogens is 170 g/mol. The Morgan fingerprint density at radius 3 is 2.43 bits per heavy atom. The van der Waals surface area contributed by atoms with Gasteiger partial charge in [0.2, 0.25) is 0 Å². The van der Waals surface area contributed by atoms with Crippen molar-refractivity contribution in [1.82, 2.24) is 0 Å². The monoisotopic (exact) mass is 195 g/mol. The summed E-state index contributed by atoms with van der Waals surface area (Å²) in [6, 6.07) is 0. The van der Waals surface area contributed by atoms with Crippen LogP contribution in [0.2, 0.25) is 0 Å². The predicted molar refractivity (Wildman–Crippen MR) is 61.0 cm³/mol. The normalized spacial score (nSPS) is 43.3. The first-order valence-electron chi connectivity index (χ1n) is 6.49. The fourth-order valence-corrected chi connectivity index (χ4v) is 3.46. The van der Waals surface area contributed by atoms with Crippen LogP contribution in [0.1, 0.15) is 51.9 Å². The van der Waals surface area contributed by atoms with E-state index in [1.165, 1.54) is 44.9 Å². The second-order valence-electron chi connectivity index (χ2n) is 5.71. The molecule has 2 aliphatic rings. The van der Waals surface area contributed by atoms with Crippen LogP contribution in [-0.4, -0.2) is 6.54 Å². The van der Waals surface area contributed by atoms with Crippen molar-refractivity contribution in [2.45, 2.75) is 51.9 Å². The summed E-state index contributed by atoms with van der Waals surface area (Å²) in [5, 5.41) is 0. The highest BCUT2D eigenvalue weighted by atomic mass is 14.6. The second kappa shape index (κ2) is 4.65. The van der Waals surface area contributed by atoms with Gasteiger partial charge < -0.3 is 5.73 Å². The van der Waals surface area contributed by atoms with Gasteiger partial charge in [-0.15, -0.1) is 0 Å². The Kier molecular flexibility index (Phi) is 3.48. The fraction of sp³-hybridized carbons (Fsp3) is 1.00. The minimum Gasteiger partial charge on any atom is -0.330 e. The Bertz CT molecular complexity index is 176. The number of nitrogens with two attached hydrogens (primary N) is 1. The lowest BCUT2D eigenvalue weighted by Gasteiger charge is -2.39. The van der Waals surface area contributed by atoms with Gasteiger partial charge >= 0.3 is 0 Å². The molecule has 0 saturated heterocycles. The van der Waals surface area contributed by atoms with Gasteiger partial charge in [-0.1, -0.05) is 26.2 Å². The smallest absolute Gasteiger partial charge is 0.00462 e. The van der Waals surface area contributed by atoms with Crippen LogP contribution >= 0.6 is 0 Å². The van der Waals surface area contributed by atoms with E-state index in [0.29, 0.717) is 0 Å². The van der Waals surface area contributed by atoms with Crippen molar-refractivity contribution in [3.63, 3.8) is 0 Å². The standard InChI is InChI=1S/C13H25N/c1-10-3-2-4-11(7-10)8-12-5-6-13(12)9-14/h10-13H,2-9,14H2,1H3. The lowest BCUT2D eigenvalue weighted by Crippen LogP contribution is -2.34. The SMILES string of the molecule is CC1CCCC(CC2CCC2CN)C1. The van der Waals surface area contributed by atoms with Gasteiger partial charge in [0, 0.05) is 0 Å². The van der Waals surface area contributed by atoms with Gasteiger partial charge in [0.1, 0.15) is 0 Å². The topological polar surface area (TPSA) is 26.0 Å². The van der Waals surface area contributed by atoms with E-state index >= 15 is 0 Å². The van der Waals surface area contributed by atoms with Crippen LogP contribution in [0.5, 0.6) is 0 Å². The zero-order valence-electron chi connectivity index (χ0n) is 9.54. The third kappa shape index (κ3) is 2.31. The maximum Gasteiger partial charge on any atom is -0.00462 e. The summed E-state index contributed by atoms with van der Waals surface area (Å²) >= 11 is 0. The van der Waals surface area contributed by atoms with E-state index in [1.807, 2.05) is 0 Å². The zero-order valence-corrected chi connectivity index (χ0v) is 9.54. The van der Waals surface area contributed by atoms with Crippen molar-refractivity contribution in [3.05, 3.63) is 0 Å². The number of hydrogen-bond acceptors (Lipinski definition) is 1. The Morgan fingerprint density at radius 2 is 1.86 bits per heavy atom. The molecule has 2 aliphatic carbocycles. The van der Waals surface area contributed by atoms with Crippen LogP contribution in [-0.2, 0) is 0 Å². The molecule has 1 heteroatoms. The Labute approximate surface area is 88.4 Å². The summed E-state index contributed by atoms with van der Waals surface area (Å²) in [4.78, 5) is 0. The molecule has 0 aromatic heterocycles. The Hall–Kier alpha value is -0.0400. The molecule has 0 radical (unpaired) electrons. The summed E-state index contributed by atoms with van der Waals surface area (Å²) in [5.41, 5.74) is 5.76. The maximum absolute atomic E-state index is 5.76. The highest BCUT2D eigenvalue weighted by Crippen LogP contribution is 2.42. The Balaban J connectivity index is 1.74. The van der Waals surface area contributed by atoms with Gasteiger partial charge in [0.25, 0.3) is 0 Å². The molecule has 2 saturated carbocycles. The molecule has 0 bridgehead atoms. The Morgan fingerprint density at radius 1 is 1.07 bits per heavy atom. The van der Waals surface area contributed by atoms with Crippen LogP contribution in [0, 0.1) is 23.7 Å². The molecule has 2 rings (SSSR count). The highest BCUT2D eigenvalue weighted by molar-refractivity contribution is 4.84. The molecule has 0 aromatic carbocycles. The molecule has 0 heterocycles. The third-order valence-corrected chi connectivity index (χ3v) is 4.56. The van der Waals surface area contributed by atoms with Gasteiger partial charge in [-0.25, -0.2) is 0 Å². The molecule has 2 N–H and O–H groups in total. The van der Waals surface area contributed by atoms with Gasteiger partial charge in [-0.2, -0.15) is 0 Å². The average molecular weight is 195 g/mol. The minimum atomic E-state index is 0.882. The zero-order chi connectivity index (χ0) is 9.97. The van der Waals surface area contributed by atoms with E-state index in [9.17, 15) is 0 Å². The molecule has 1 nitrogen and oxygen atoms in total. The van der Waals surface area contributed by atoms with Crippen LogP contribution in [0.3, 0.4) is 0 Å². The first kappa shape index (κ1) is 10.5. The number of rotatable bonds is 3. The van der Waals surface area contributed by atoms with E-state index in [0.717, 1.165) is 30.2 Å². The van der Waals surface area contributed by atoms with Crippen molar-refractivity contribution >= 4 is 0 Å². The van der Waals surface area contributed by atoms with Crippen molar-refractivity contribution < 1.29 is 0 Å². The molecule has 4 atom stereocenters. The lowest BCUT2D eigenvalue weighted by molar-refractivity contribution is 0.124. The van der Waals surface area contributed by atoms with Crippen LogP contribution in [0.4, 0.5) is 0 Å². The molecule has 82 valence electrons.